The second-order valence-corrected chi connectivity index (χ2v) is 7.10. The molecule has 0 unspecified atom stereocenters. The molecule has 0 radical (unpaired) electrons. The molecule has 0 bridgehead atoms. The van der Waals surface area contributed by atoms with Gasteiger partial charge in [0.05, 0.1) is 5.52 Å². The van der Waals surface area contributed by atoms with E-state index in [1.54, 1.807) is 17.8 Å². The van der Waals surface area contributed by atoms with Gasteiger partial charge in [-0.2, -0.15) is 0 Å². The van der Waals surface area contributed by atoms with Gasteiger partial charge in [0.25, 0.3) is 0 Å². The van der Waals surface area contributed by atoms with Crippen molar-refractivity contribution in [3.05, 3.63) is 51.1 Å². The first-order valence-electron chi connectivity index (χ1n) is 8.13. The SMILES string of the molecule is CCCc1nnc(SCc2cc(=O)c3cc(C)cc(C)c3[nH]2)n1C. The molecule has 0 aliphatic carbocycles. The normalized spacial score (nSPS) is 11.3. The van der Waals surface area contributed by atoms with Crippen molar-refractivity contribution in [1.82, 2.24) is 19.7 Å². The fraction of sp³-hybridized carbons (Fsp3) is 0.389. The summed E-state index contributed by atoms with van der Waals surface area (Å²) < 4.78 is 2.03. The molecule has 126 valence electrons. The first-order valence-corrected chi connectivity index (χ1v) is 9.12. The van der Waals surface area contributed by atoms with E-state index in [0.29, 0.717) is 5.75 Å². The average Bonchev–Trinajstić information content (AvgIpc) is 2.87. The van der Waals surface area contributed by atoms with E-state index in [9.17, 15) is 4.79 Å². The van der Waals surface area contributed by atoms with E-state index in [0.717, 1.165) is 51.5 Å². The fourth-order valence-corrected chi connectivity index (χ4v) is 3.73. The molecule has 1 aromatic carbocycles. The summed E-state index contributed by atoms with van der Waals surface area (Å²) in [6.45, 7) is 6.17. The van der Waals surface area contributed by atoms with E-state index in [1.807, 2.05) is 31.5 Å². The Hall–Kier alpha value is -2.08. The topological polar surface area (TPSA) is 63.6 Å². The Morgan fingerprint density at radius 1 is 1.21 bits per heavy atom. The maximum Gasteiger partial charge on any atom is 0.191 e. The molecule has 0 aliphatic heterocycles. The molecule has 0 aliphatic rings. The van der Waals surface area contributed by atoms with Gasteiger partial charge in [-0.3, -0.25) is 4.79 Å². The first-order chi connectivity index (χ1) is 11.5. The fourth-order valence-electron chi connectivity index (χ4n) is 2.89. The van der Waals surface area contributed by atoms with Crippen molar-refractivity contribution in [2.75, 3.05) is 0 Å². The summed E-state index contributed by atoms with van der Waals surface area (Å²) in [5.74, 6) is 1.66. The van der Waals surface area contributed by atoms with Crippen molar-refractivity contribution in [2.24, 2.45) is 7.05 Å². The Bertz CT molecular complexity index is 942. The van der Waals surface area contributed by atoms with Gasteiger partial charge in [0, 0.05) is 36.4 Å². The quantitative estimate of drug-likeness (QED) is 0.721. The highest BCUT2D eigenvalue weighted by Crippen LogP contribution is 2.22. The lowest BCUT2D eigenvalue weighted by atomic mass is 10.1. The van der Waals surface area contributed by atoms with Crippen LogP contribution in [0.25, 0.3) is 10.9 Å². The van der Waals surface area contributed by atoms with Gasteiger partial charge in [-0.25, -0.2) is 0 Å². The van der Waals surface area contributed by atoms with Crippen LogP contribution in [0.15, 0.2) is 28.2 Å². The highest BCUT2D eigenvalue weighted by Gasteiger charge is 2.10. The second kappa shape index (κ2) is 6.81. The molecule has 0 atom stereocenters. The van der Waals surface area contributed by atoms with E-state index in [4.69, 9.17) is 0 Å². The summed E-state index contributed by atoms with van der Waals surface area (Å²) in [7, 11) is 1.99. The Labute approximate surface area is 145 Å². The molecule has 24 heavy (non-hydrogen) atoms. The lowest BCUT2D eigenvalue weighted by molar-refractivity contribution is 0.715. The van der Waals surface area contributed by atoms with Crippen molar-refractivity contribution in [1.29, 1.82) is 0 Å². The molecule has 6 heteroatoms. The molecule has 3 aromatic rings. The number of hydrogen-bond donors (Lipinski definition) is 1. The van der Waals surface area contributed by atoms with Gasteiger partial charge in [0.2, 0.25) is 0 Å². The first kappa shape index (κ1) is 16.8. The molecular formula is C18H22N4OS. The van der Waals surface area contributed by atoms with E-state index in [2.05, 4.69) is 28.2 Å². The maximum atomic E-state index is 12.4. The van der Waals surface area contributed by atoms with Gasteiger partial charge in [0.1, 0.15) is 5.82 Å². The van der Waals surface area contributed by atoms with E-state index < -0.39 is 0 Å². The molecular weight excluding hydrogens is 320 g/mol. The summed E-state index contributed by atoms with van der Waals surface area (Å²) in [6.07, 6.45) is 1.97. The Kier molecular flexibility index (Phi) is 4.76. The molecule has 2 aromatic heterocycles. The number of thioether (sulfide) groups is 1. The summed E-state index contributed by atoms with van der Waals surface area (Å²) in [5, 5.41) is 10.1. The van der Waals surface area contributed by atoms with Gasteiger partial charge < -0.3 is 9.55 Å². The van der Waals surface area contributed by atoms with Crippen LogP contribution in [0.2, 0.25) is 0 Å². The largest absolute Gasteiger partial charge is 0.357 e. The van der Waals surface area contributed by atoms with Crippen molar-refractivity contribution < 1.29 is 0 Å². The lowest BCUT2D eigenvalue weighted by Gasteiger charge is -2.08. The zero-order valence-electron chi connectivity index (χ0n) is 14.5. The number of aromatic nitrogens is 4. The van der Waals surface area contributed by atoms with Gasteiger partial charge in [-0.1, -0.05) is 24.8 Å². The van der Waals surface area contributed by atoms with E-state index in [-0.39, 0.29) is 5.43 Å². The molecule has 0 fully saturated rings. The minimum atomic E-state index is 0.0655. The molecule has 0 saturated carbocycles. The van der Waals surface area contributed by atoms with Crippen LogP contribution in [0, 0.1) is 13.8 Å². The smallest absolute Gasteiger partial charge is 0.191 e. The second-order valence-electron chi connectivity index (χ2n) is 6.16. The van der Waals surface area contributed by atoms with Crippen LogP contribution in [-0.2, 0) is 19.2 Å². The average molecular weight is 342 g/mol. The number of nitrogens with one attached hydrogen (secondary N) is 1. The lowest BCUT2D eigenvalue weighted by Crippen LogP contribution is -2.06. The minimum Gasteiger partial charge on any atom is -0.357 e. The molecule has 1 N–H and O–H groups in total. The number of aryl methyl sites for hydroxylation is 3. The van der Waals surface area contributed by atoms with Gasteiger partial charge >= 0.3 is 0 Å². The Balaban J connectivity index is 1.87. The number of fused-ring (bicyclic) bond motifs is 1. The standard InChI is InChI=1S/C18H22N4OS/c1-5-6-16-20-21-18(22(16)4)24-10-13-9-15(23)14-8-11(2)7-12(3)17(14)19-13/h7-9H,5-6,10H2,1-4H3,(H,19,23). The van der Waals surface area contributed by atoms with Crippen LogP contribution >= 0.6 is 11.8 Å². The minimum absolute atomic E-state index is 0.0655. The number of nitrogens with zero attached hydrogens (tertiary/aromatic N) is 3. The van der Waals surface area contributed by atoms with Gasteiger partial charge in [-0.05, 0) is 37.5 Å². The summed E-state index contributed by atoms with van der Waals surface area (Å²) >= 11 is 1.59. The van der Waals surface area contributed by atoms with Crippen molar-refractivity contribution in [2.45, 2.75) is 44.5 Å². The Morgan fingerprint density at radius 3 is 2.75 bits per heavy atom. The predicted molar refractivity (Wildman–Crippen MR) is 98.6 cm³/mol. The highest BCUT2D eigenvalue weighted by atomic mass is 32.2. The third-order valence-corrected chi connectivity index (χ3v) is 5.16. The zero-order valence-corrected chi connectivity index (χ0v) is 15.3. The van der Waals surface area contributed by atoms with Crippen LogP contribution in [0.3, 0.4) is 0 Å². The van der Waals surface area contributed by atoms with Crippen LogP contribution in [0.4, 0.5) is 0 Å². The van der Waals surface area contributed by atoms with Crippen LogP contribution in [0.1, 0.15) is 36.0 Å². The monoisotopic (exact) mass is 342 g/mol. The summed E-state index contributed by atoms with van der Waals surface area (Å²) in [6, 6.07) is 5.73. The van der Waals surface area contributed by atoms with Crippen LogP contribution < -0.4 is 5.43 Å². The number of H-pyrrole nitrogens is 1. The maximum absolute atomic E-state index is 12.4. The summed E-state index contributed by atoms with van der Waals surface area (Å²) in [5.41, 5.74) is 4.10. The number of benzene rings is 1. The zero-order chi connectivity index (χ0) is 17.3. The number of aromatic amines is 1. The van der Waals surface area contributed by atoms with Crippen molar-refractivity contribution in [3.63, 3.8) is 0 Å². The number of pyridine rings is 1. The van der Waals surface area contributed by atoms with Crippen molar-refractivity contribution in [3.8, 4) is 0 Å². The van der Waals surface area contributed by atoms with Crippen LogP contribution in [-0.4, -0.2) is 19.7 Å². The molecule has 0 saturated heterocycles. The van der Waals surface area contributed by atoms with Crippen molar-refractivity contribution >= 4 is 22.7 Å². The van der Waals surface area contributed by atoms with E-state index in [1.165, 1.54) is 0 Å². The predicted octanol–water partition coefficient (Wildman–Crippen LogP) is 3.52. The number of rotatable bonds is 5. The molecule has 3 rings (SSSR count). The molecule has 2 heterocycles. The molecule has 5 nitrogen and oxygen atoms in total. The van der Waals surface area contributed by atoms with Gasteiger partial charge in [-0.15, -0.1) is 10.2 Å². The third-order valence-electron chi connectivity index (χ3n) is 4.09. The van der Waals surface area contributed by atoms with Gasteiger partial charge in [0.15, 0.2) is 10.6 Å². The Morgan fingerprint density at radius 2 is 2.00 bits per heavy atom. The molecule has 0 amide bonds. The molecule has 0 spiro atoms. The highest BCUT2D eigenvalue weighted by molar-refractivity contribution is 7.98. The van der Waals surface area contributed by atoms with Crippen LogP contribution in [0.5, 0.6) is 0 Å². The van der Waals surface area contributed by atoms with E-state index >= 15 is 0 Å². The third kappa shape index (κ3) is 3.24. The number of hydrogen-bond acceptors (Lipinski definition) is 4. The summed E-state index contributed by atoms with van der Waals surface area (Å²) in [4.78, 5) is 15.8.